The van der Waals surface area contributed by atoms with Gasteiger partial charge in [-0.3, -0.25) is 9.52 Å². The zero-order valence-electron chi connectivity index (χ0n) is 15.0. The number of fused-ring (bicyclic) bond motifs is 1. The van der Waals surface area contributed by atoms with Crippen LogP contribution in [0.3, 0.4) is 0 Å². The molecule has 6 nitrogen and oxygen atoms in total. The molecule has 0 spiro atoms. The van der Waals surface area contributed by atoms with Gasteiger partial charge in [-0.05, 0) is 37.3 Å². The summed E-state index contributed by atoms with van der Waals surface area (Å²) in [5.74, 6) is 0.659. The van der Waals surface area contributed by atoms with Crippen LogP contribution in [-0.4, -0.2) is 26.6 Å². The van der Waals surface area contributed by atoms with Crippen molar-refractivity contribution < 1.29 is 17.9 Å². The lowest BCUT2D eigenvalue weighted by atomic mass is 9.93. The number of anilines is 2. The molecular formula is C19H22N2O4S. The van der Waals surface area contributed by atoms with Crippen molar-refractivity contribution in [1.82, 2.24) is 0 Å². The van der Waals surface area contributed by atoms with Crippen LogP contribution in [0.1, 0.15) is 31.9 Å². The lowest BCUT2D eigenvalue weighted by molar-refractivity contribution is -0.117. The molecule has 1 amide bonds. The van der Waals surface area contributed by atoms with Crippen molar-refractivity contribution in [1.29, 1.82) is 0 Å². The van der Waals surface area contributed by atoms with Gasteiger partial charge < -0.3 is 9.64 Å². The Morgan fingerprint density at radius 1 is 1.15 bits per heavy atom. The first kappa shape index (κ1) is 18.3. The third kappa shape index (κ3) is 3.99. The number of para-hydroxylation sites is 1. The van der Waals surface area contributed by atoms with Gasteiger partial charge in [-0.2, -0.15) is 0 Å². The number of benzene rings is 2. The number of sulfonamides is 1. The monoisotopic (exact) mass is 374 g/mol. The Morgan fingerprint density at radius 3 is 2.42 bits per heavy atom. The quantitative estimate of drug-likeness (QED) is 0.891. The Morgan fingerprint density at radius 2 is 1.81 bits per heavy atom. The number of ether oxygens (including phenoxy) is 1. The second-order valence-corrected chi connectivity index (χ2v) is 8.29. The van der Waals surface area contributed by atoms with E-state index in [-0.39, 0.29) is 18.1 Å². The Hall–Kier alpha value is -2.54. The maximum absolute atomic E-state index is 12.0. The number of amides is 1. The molecule has 1 aliphatic heterocycles. The average molecular weight is 374 g/mol. The van der Waals surface area contributed by atoms with Gasteiger partial charge in [-0.15, -0.1) is 0 Å². The molecule has 0 unspecified atom stereocenters. The fourth-order valence-corrected chi connectivity index (χ4v) is 3.89. The molecule has 0 fully saturated rings. The summed E-state index contributed by atoms with van der Waals surface area (Å²) in [7, 11) is -3.31. The molecule has 1 heterocycles. The molecule has 2 aromatic carbocycles. The largest absolute Gasteiger partial charge is 0.486 e. The first-order chi connectivity index (χ1) is 12.2. The zero-order chi connectivity index (χ0) is 18.9. The number of nitrogens with zero attached hydrogens (tertiary/aromatic N) is 1. The minimum atomic E-state index is -3.31. The van der Waals surface area contributed by atoms with Gasteiger partial charge in [0.25, 0.3) is 0 Å². The average Bonchev–Trinajstić information content (AvgIpc) is 2.55. The molecule has 0 saturated heterocycles. The first-order valence-corrected chi connectivity index (χ1v) is 10.3. The van der Waals surface area contributed by atoms with Gasteiger partial charge in [0.15, 0.2) is 0 Å². The van der Waals surface area contributed by atoms with Crippen molar-refractivity contribution in [3.05, 3.63) is 54.1 Å². The van der Waals surface area contributed by atoms with Crippen molar-refractivity contribution in [2.24, 2.45) is 0 Å². The lowest BCUT2D eigenvalue weighted by Gasteiger charge is -2.38. The van der Waals surface area contributed by atoms with Gasteiger partial charge >= 0.3 is 0 Å². The number of hydrogen-bond acceptors (Lipinski definition) is 4. The highest BCUT2D eigenvalue weighted by Gasteiger charge is 2.33. The van der Waals surface area contributed by atoms with Crippen molar-refractivity contribution in [2.45, 2.75) is 32.4 Å². The standard InChI is InChI=1S/C19H22N2O4S/c1-13-12-19(17-6-4-5-7-18(17)21(13)14(2)22)25-16-10-8-15(9-11-16)20-26(3,23)24/h4-11,13,19-20H,12H2,1-3H3/t13-,19+/m0/s1. The minimum Gasteiger partial charge on any atom is -0.486 e. The van der Waals surface area contributed by atoms with Gasteiger partial charge in [-0.25, -0.2) is 8.42 Å². The Bertz CT molecular complexity index is 909. The van der Waals surface area contributed by atoms with Gasteiger partial charge in [0.2, 0.25) is 15.9 Å². The number of carbonyl (C=O) groups excluding carboxylic acids is 1. The van der Waals surface area contributed by atoms with E-state index in [9.17, 15) is 13.2 Å². The Labute approximate surface area is 153 Å². The Kier molecular flexibility index (Phi) is 4.91. The highest BCUT2D eigenvalue weighted by atomic mass is 32.2. The van der Waals surface area contributed by atoms with Crippen molar-refractivity contribution in [3.63, 3.8) is 0 Å². The molecule has 1 aliphatic rings. The van der Waals surface area contributed by atoms with Gasteiger partial charge in [0.1, 0.15) is 11.9 Å². The molecular weight excluding hydrogens is 352 g/mol. The van der Waals surface area contributed by atoms with E-state index in [1.807, 2.05) is 31.2 Å². The minimum absolute atomic E-state index is 0.0135. The van der Waals surface area contributed by atoms with Gasteiger partial charge in [0, 0.05) is 30.6 Å². The predicted molar refractivity (Wildman–Crippen MR) is 102 cm³/mol. The van der Waals surface area contributed by atoms with Gasteiger partial charge in [-0.1, -0.05) is 18.2 Å². The van der Waals surface area contributed by atoms with Crippen LogP contribution in [-0.2, 0) is 14.8 Å². The van der Waals surface area contributed by atoms with Crippen LogP contribution in [0.4, 0.5) is 11.4 Å². The molecule has 3 rings (SSSR count). The first-order valence-electron chi connectivity index (χ1n) is 8.38. The molecule has 0 radical (unpaired) electrons. The molecule has 26 heavy (non-hydrogen) atoms. The smallest absolute Gasteiger partial charge is 0.229 e. The van der Waals surface area contributed by atoms with Crippen LogP contribution >= 0.6 is 0 Å². The summed E-state index contributed by atoms with van der Waals surface area (Å²) < 4.78 is 31.1. The number of nitrogens with one attached hydrogen (secondary N) is 1. The lowest BCUT2D eigenvalue weighted by Crippen LogP contribution is -2.42. The summed E-state index contributed by atoms with van der Waals surface area (Å²) in [6.07, 6.45) is 1.61. The summed E-state index contributed by atoms with van der Waals surface area (Å²) in [4.78, 5) is 13.8. The van der Waals surface area contributed by atoms with Crippen LogP contribution in [0.25, 0.3) is 0 Å². The van der Waals surface area contributed by atoms with Crippen LogP contribution in [0.5, 0.6) is 5.75 Å². The summed E-state index contributed by atoms with van der Waals surface area (Å²) >= 11 is 0. The van der Waals surface area contributed by atoms with E-state index in [0.29, 0.717) is 17.9 Å². The molecule has 7 heteroatoms. The zero-order valence-corrected chi connectivity index (χ0v) is 15.8. The van der Waals surface area contributed by atoms with E-state index >= 15 is 0 Å². The third-order valence-corrected chi connectivity index (χ3v) is 4.92. The molecule has 0 bridgehead atoms. The molecule has 0 saturated carbocycles. The van der Waals surface area contributed by atoms with Crippen molar-refractivity contribution in [2.75, 3.05) is 15.9 Å². The van der Waals surface area contributed by atoms with E-state index in [0.717, 1.165) is 17.5 Å². The summed E-state index contributed by atoms with van der Waals surface area (Å²) in [5, 5.41) is 0. The number of rotatable bonds is 4. The molecule has 0 aliphatic carbocycles. The normalized spacial score (nSPS) is 19.6. The van der Waals surface area contributed by atoms with Gasteiger partial charge in [0.05, 0.1) is 11.9 Å². The molecule has 2 atom stereocenters. The molecule has 1 N–H and O–H groups in total. The van der Waals surface area contributed by atoms with E-state index in [1.54, 1.807) is 36.1 Å². The number of hydrogen-bond donors (Lipinski definition) is 1. The van der Waals surface area contributed by atoms with E-state index in [2.05, 4.69) is 4.72 Å². The summed E-state index contributed by atoms with van der Waals surface area (Å²) in [6.45, 7) is 3.58. The fraction of sp³-hybridized carbons (Fsp3) is 0.316. The topological polar surface area (TPSA) is 75.7 Å². The molecule has 0 aromatic heterocycles. The van der Waals surface area contributed by atoms with Crippen LogP contribution < -0.4 is 14.4 Å². The maximum atomic E-state index is 12.0. The molecule has 2 aromatic rings. The van der Waals surface area contributed by atoms with Crippen molar-refractivity contribution in [3.8, 4) is 5.75 Å². The number of carbonyl (C=O) groups is 1. The highest BCUT2D eigenvalue weighted by molar-refractivity contribution is 7.92. The van der Waals surface area contributed by atoms with Crippen LogP contribution in [0.2, 0.25) is 0 Å². The highest BCUT2D eigenvalue weighted by Crippen LogP contribution is 2.39. The van der Waals surface area contributed by atoms with E-state index < -0.39 is 10.0 Å². The predicted octanol–water partition coefficient (Wildman–Crippen LogP) is 3.32. The van der Waals surface area contributed by atoms with Crippen LogP contribution in [0.15, 0.2) is 48.5 Å². The molecule has 138 valence electrons. The maximum Gasteiger partial charge on any atom is 0.229 e. The van der Waals surface area contributed by atoms with Crippen molar-refractivity contribution >= 4 is 27.3 Å². The Balaban J connectivity index is 1.84. The summed E-state index contributed by atoms with van der Waals surface area (Å²) in [5.41, 5.74) is 2.33. The van der Waals surface area contributed by atoms with E-state index in [1.165, 1.54) is 0 Å². The second kappa shape index (κ2) is 6.99. The SMILES string of the molecule is CC(=O)N1c2ccccc2[C@H](Oc2ccc(NS(C)(=O)=O)cc2)C[C@@H]1C. The fourth-order valence-electron chi connectivity index (χ4n) is 3.33. The summed E-state index contributed by atoms with van der Waals surface area (Å²) in [6, 6.07) is 14.6. The third-order valence-electron chi connectivity index (χ3n) is 4.31. The van der Waals surface area contributed by atoms with Crippen LogP contribution in [0, 0.1) is 0 Å². The second-order valence-electron chi connectivity index (χ2n) is 6.54. The van der Waals surface area contributed by atoms with E-state index in [4.69, 9.17) is 4.74 Å².